The molecule has 2 nitrogen and oxygen atoms in total. The fraction of sp³-hybridized carbons (Fsp3) is 0. The van der Waals surface area contributed by atoms with E-state index in [1.807, 2.05) is 48.5 Å². The first-order chi connectivity index (χ1) is 22.7. The van der Waals surface area contributed by atoms with Gasteiger partial charge in [-0.3, -0.25) is 0 Å². The van der Waals surface area contributed by atoms with Crippen LogP contribution in [0.3, 0.4) is 0 Å². The van der Waals surface area contributed by atoms with E-state index in [-0.39, 0.29) is 13.4 Å². The topological polar surface area (TPSA) is 34.1 Å². The molecular weight excluding hydrogens is 598 g/mol. The predicted octanol–water partition coefficient (Wildman–Crippen LogP) is 4.58. The molecule has 0 unspecified atom stereocenters. The molecule has 46 heavy (non-hydrogen) atoms. The molecule has 6 heteroatoms. The third-order valence-electron chi connectivity index (χ3n) is 10.1. The Hall–Kier alpha value is -4.77. The lowest BCUT2D eigenvalue weighted by molar-refractivity contribution is 0.682. The summed E-state index contributed by atoms with van der Waals surface area (Å²) in [5.74, 6) is 0. The minimum absolute atomic E-state index is 0.0267. The van der Waals surface area contributed by atoms with Gasteiger partial charge in [0.2, 0.25) is 13.4 Å². The second kappa shape index (κ2) is 9.86. The molecule has 0 amide bonds. The van der Waals surface area contributed by atoms with Crippen LogP contribution in [0.15, 0.2) is 165 Å². The summed E-state index contributed by atoms with van der Waals surface area (Å²) in [6.45, 7) is -0.0533. The van der Waals surface area contributed by atoms with Crippen LogP contribution in [0.4, 0.5) is 0 Å². The van der Waals surface area contributed by atoms with Crippen LogP contribution in [0.25, 0.3) is 32.3 Å². The number of hydrogen-bond donors (Lipinski definition) is 0. The van der Waals surface area contributed by atoms with Crippen LogP contribution < -0.4 is 32.8 Å². The van der Waals surface area contributed by atoms with Crippen LogP contribution in [0, 0.1) is 0 Å². The SMILES string of the molecule is O=S1c2ccccc2B(c2ccc3ccc4c(B5c6ccccc6S(=O)c6ccccc65)ccc5ccc2c3c54)c2ccccc21. The zero-order chi connectivity index (χ0) is 30.5. The Morgan fingerprint density at radius 3 is 0.978 bits per heavy atom. The Morgan fingerprint density at radius 1 is 0.326 bits per heavy atom. The molecule has 2 heterocycles. The van der Waals surface area contributed by atoms with Gasteiger partial charge in [0.1, 0.15) is 0 Å². The van der Waals surface area contributed by atoms with Crippen molar-refractivity contribution in [1.29, 1.82) is 0 Å². The van der Waals surface area contributed by atoms with Gasteiger partial charge in [-0.1, -0.05) is 154 Å². The number of fused-ring (bicyclic) bond motifs is 4. The minimum atomic E-state index is -1.22. The number of hydrogen-bond acceptors (Lipinski definition) is 2. The predicted molar refractivity (Wildman–Crippen MR) is 195 cm³/mol. The Labute approximate surface area is 272 Å². The van der Waals surface area contributed by atoms with Crippen molar-refractivity contribution in [2.45, 2.75) is 19.6 Å². The van der Waals surface area contributed by atoms with Gasteiger partial charge in [-0.25, -0.2) is 8.42 Å². The van der Waals surface area contributed by atoms with Gasteiger partial charge in [0.15, 0.2) is 0 Å². The van der Waals surface area contributed by atoms with Gasteiger partial charge in [0.25, 0.3) is 0 Å². The summed E-state index contributed by atoms with van der Waals surface area (Å²) < 4.78 is 27.4. The molecule has 8 aromatic carbocycles. The van der Waals surface area contributed by atoms with Crippen molar-refractivity contribution in [3.8, 4) is 0 Å². The van der Waals surface area contributed by atoms with E-state index in [1.165, 1.54) is 43.2 Å². The van der Waals surface area contributed by atoms with E-state index in [1.54, 1.807) is 0 Å². The normalized spacial score (nSPS) is 14.4. The highest BCUT2D eigenvalue weighted by Crippen LogP contribution is 2.34. The summed E-state index contributed by atoms with van der Waals surface area (Å²) in [5, 5.41) is 7.39. The monoisotopic (exact) mass is 622 g/mol. The van der Waals surface area contributed by atoms with Crippen LogP contribution in [-0.4, -0.2) is 21.8 Å². The molecule has 0 saturated carbocycles. The van der Waals surface area contributed by atoms with E-state index in [4.69, 9.17) is 0 Å². The molecule has 10 rings (SSSR count). The second-order valence-corrected chi connectivity index (χ2v) is 15.1. The van der Waals surface area contributed by atoms with Crippen LogP contribution in [-0.2, 0) is 21.6 Å². The van der Waals surface area contributed by atoms with Crippen molar-refractivity contribution < 1.29 is 8.42 Å². The van der Waals surface area contributed by atoms with E-state index >= 15 is 0 Å². The van der Waals surface area contributed by atoms with Crippen LogP contribution in [0.1, 0.15) is 0 Å². The molecular formula is C40H24B2O2S2. The maximum absolute atomic E-state index is 13.7. The third-order valence-corrected chi connectivity index (χ3v) is 13.2. The molecule has 0 fully saturated rings. The lowest BCUT2D eigenvalue weighted by atomic mass is 9.35. The first-order valence-electron chi connectivity index (χ1n) is 15.6. The fourth-order valence-electron chi connectivity index (χ4n) is 8.14. The third kappa shape index (κ3) is 3.54. The molecule has 0 saturated heterocycles. The highest BCUT2D eigenvalue weighted by molar-refractivity contribution is 7.86. The summed E-state index contributed by atoms with van der Waals surface area (Å²) >= 11 is 0. The largest absolute Gasteiger partial charge is 0.249 e. The van der Waals surface area contributed by atoms with E-state index in [0.717, 1.165) is 41.4 Å². The lowest BCUT2D eigenvalue weighted by Gasteiger charge is -2.28. The molecule has 0 radical (unpaired) electrons. The van der Waals surface area contributed by atoms with Crippen molar-refractivity contribution in [1.82, 2.24) is 0 Å². The molecule has 0 aliphatic carbocycles. The maximum atomic E-state index is 13.7. The number of benzene rings is 8. The molecule has 8 aromatic rings. The van der Waals surface area contributed by atoms with Gasteiger partial charge in [-0.2, -0.15) is 0 Å². The van der Waals surface area contributed by atoms with E-state index < -0.39 is 21.6 Å². The van der Waals surface area contributed by atoms with Gasteiger partial charge < -0.3 is 0 Å². The summed E-state index contributed by atoms with van der Waals surface area (Å²) in [4.78, 5) is 3.58. The van der Waals surface area contributed by atoms with Crippen LogP contribution in [0.5, 0.6) is 0 Å². The van der Waals surface area contributed by atoms with E-state index in [0.29, 0.717) is 0 Å². The van der Waals surface area contributed by atoms with Crippen molar-refractivity contribution in [3.63, 3.8) is 0 Å². The molecule has 214 valence electrons. The Kier molecular flexibility index (Phi) is 5.67. The summed E-state index contributed by atoms with van der Waals surface area (Å²) in [6.07, 6.45) is 0. The quantitative estimate of drug-likeness (QED) is 0.209. The molecule has 2 aliphatic heterocycles. The first-order valence-corrected chi connectivity index (χ1v) is 17.9. The Balaban J connectivity index is 1.27. The second-order valence-electron chi connectivity index (χ2n) is 12.3. The maximum Gasteiger partial charge on any atom is 0.245 e. The number of rotatable bonds is 2. The molecule has 0 bridgehead atoms. The molecule has 2 aliphatic rings. The van der Waals surface area contributed by atoms with E-state index in [9.17, 15) is 8.42 Å². The standard InChI is InChI=1S/C40H24B2O2S2/c43-45-35-13-5-1-9-31(35)41(32-10-2-6-14-36(32)45)29-23-19-25-18-22-28-30(24-20-26-17-21-27(29)39(25)40(26)28)42-33-11-3-7-15-37(33)46(44)38-16-8-4-12-34(38)42/h1-24H. The van der Waals surface area contributed by atoms with Gasteiger partial charge in [-0.05, 0) is 56.6 Å². The molecule has 0 spiro atoms. The van der Waals surface area contributed by atoms with Crippen LogP contribution >= 0.6 is 0 Å². The Bertz CT molecular complexity index is 2330. The molecule has 0 N–H and O–H groups in total. The minimum Gasteiger partial charge on any atom is -0.249 e. The Morgan fingerprint density at radius 2 is 0.630 bits per heavy atom. The van der Waals surface area contributed by atoms with Crippen molar-refractivity contribution in [2.24, 2.45) is 0 Å². The fourth-order valence-corrected chi connectivity index (χ4v) is 11.0. The average molecular weight is 622 g/mol. The molecule has 0 aromatic heterocycles. The van der Waals surface area contributed by atoms with Crippen molar-refractivity contribution in [3.05, 3.63) is 146 Å². The van der Waals surface area contributed by atoms with Gasteiger partial charge in [0.05, 0.1) is 21.6 Å². The van der Waals surface area contributed by atoms with Crippen molar-refractivity contribution in [2.75, 3.05) is 0 Å². The van der Waals surface area contributed by atoms with Gasteiger partial charge >= 0.3 is 0 Å². The summed E-state index contributed by atoms with van der Waals surface area (Å²) in [7, 11) is -2.43. The molecule has 0 atom stereocenters. The van der Waals surface area contributed by atoms with Crippen LogP contribution in [0.2, 0.25) is 0 Å². The smallest absolute Gasteiger partial charge is 0.245 e. The van der Waals surface area contributed by atoms with Gasteiger partial charge in [0, 0.05) is 19.6 Å². The van der Waals surface area contributed by atoms with Gasteiger partial charge in [-0.15, -0.1) is 0 Å². The van der Waals surface area contributed by atoms with E-state index in [2.05, 4.69) is 97.1 Å². The first kappa shape index (κ1) is 26.4. The summed E-state index contributed by atoms with van der Waals surface area (Å²) in [6, 6.07) is 51.0. The average Bonchev–Trinajstić information content (AvgIpc) is 3.12. The zero-order valence-corrected chi connectivity index (χ0v) is 26.3. The lowest BCUT2D eigenvalue weighted by Crippen LogP contribution is -2.57. The summed E-state index contributed by atoms with van der Waals surface area (Å²) in [5.41, 5.74) is 6.90. The zero-order valence-electron chi connectivity index (χ0n) is 24.6. The van der Waals surface area contributed by atoms with Crippen molar-refractivity contribution >= 4 is 100 Å². The highest BCUT2D eigenvalue weighted by Gasteiger charge is 2.37. The highest BCUT2D eigenvalue weighted by atomic mass is 32.2.